The van der Waals surface area contributed by atoms with E-state index >= 15 is 0 Å². The average Bonchev–Trinajstić information content (AvgIpc) is 3.42. The van der Waals surface area contributed by atoms with Gasteiger partial charge < -0.3 is 10.4 Å². The topological polar surface area (TPSA) is 92.2 Å². The highest BCUT2D eigenvalue weighted by atomic mass is 35.5. The van der Waals surface area contributed by atoms with Gasteiger partial charge in [-0.05, 0) is 54.3 Å². The third-order valence-corrected chi connectivity index (χ3v) is 8.51. The molecule has 5 rings (SSSR count). The van der Waals surface area contributed by atoms with Gasteiger partial charge in [0.25, 0.3) is 0 Å². The number of carboxylic acid groups (broad SMARTS) is 1. The highest BCUT2D eigenvalue weighted by molar-refractivity contribution is 6.38. The summed E-state index contributed by atoms with van der Waals surface area (Å²) >= 11 is 18.7. The Labute approximate surface area is 241 Å². The first-order valence-corrected chi connectivity index (χ1v) is 13.8. The maximum atomic E-state index is 13.7. The predicted molar refractivity (Wildman–Crippen MR) is 155 cm³/mol. The van der Waals surface area contributed by atoms with Crippen LogP contribution < -0.4 is 5.32 Å². The number of rotatable bonds is 7. The summed E-state index contributed by atoms with van der Waals surface area (Å²) in [6, 6.07) is 15.4. The van der Waals surface area contributed by atoms with Gasteiger partial charge in [-0.25, -0.2) is 9.78 Å². The van der Waals surface area contributed by atoms with E-state index in [2.05, 4.69) is 10.3 Å². The fourth-order valence-electron chi connectivity index (χ4n) is 5.49. The van der Waals surface area contributed by atoms with Crippen LogP contribution in [-0.4, -0.2) is 33.0 Å². The van der Waals surface area contributed by atoms with Crippen LogP contribution in [0.5, 0.6) is 0 Å². The van der Waals surface area contributed by atoms with E-state index in [0.29, 0.717) is 44.7 Å². The Morgan fingerprint density at radius 1 is 0.949 bits per heavy atom. The molecule has 2 heterocycles. The highest BCUT2D eigenvalue weighted by Gasteiger charge is 2.44. The average molecular weight is 583 g/mol. The van der Waals surface area contributed by atoms with E-state index in [0.717, 1.165) is 29.4 Å². The predicted octanol–water partition coefficient (Wildman–Crippen LogP) is 7.44. The molecular weight excluding hydrogens is 557 g/mol. The number of carbonyl (C=O) groups excluding carboxylic acids is 1. The van der Waals surface area contributed by atoms with Crippen LogP contribution in [0.3, 0.4) is 0 Å². The van der Waals surface area contributed by atoms with Crippen molar-refractivity contribution in [2.24, 2.45) is 0 Å². The zero-order valence-electron chi connectivity index (χ0n) is 21.1. The monoisotopic (exact) mass is 581 g/mol. The molecule has 4 aromatic rings. The van der Waals surface area contributed by atoms with Gasteiger partial charge >= 0.3 is 5.97 Å². The Kier molecular flexibility index (Phi) is 7.81. The number of pyridine rings is 2. The molecule has 2 N–H and O–H groups in total. The van der Waals surface area contributed by atoms with Crippen molar-refractivity contribution in [3.63, 3.8) is 0 Å². The summed E-state index contributed by atoms with van der Waals surface area (Å²) in [5.41, 5.74) is 2.79. The Morgan fingerprint density at radius 3 is 2.26 bits per heavy atom. The van der Waals surface area contributed by atoms with Gasteiger partial charge in [0.1, 0.15) is 6.04 Å². The van der Waals surface area contributed by atoms with Crippen LogP contribution in [0.25, 0.3) is 22.2 Å². The van der Waals surface area contributed by atoms with Crippen molar-refractivity contribution < 1.29 is 14.7 Å². The first kappa shape index (κ1) is 27.4. The standard InChI is InChI=1S/C30H26Cl3N3O3/c1-17(18-4-10-24-19(14-18)5-11-25(35-24)26-22(32)15-34-16-23(26)33)27(28(37)38)36-29(39)30(12-2-3-13-30)20-6-8-21(31)9-7-20/h4-11,14-17,27H,2-3,12-13H2,1H3,(H,36,39)(H,37,38)/t17?,27-/m0/s1. The van der Waals surface area contributed by atoms with E-state index in [4.69, 9.17) is 39.8 Å². The smallest absolute Gasteiger partial charge is 0.326 e. The maximum Gasteiger partial charge on any atom is 0.326 e. The summed E-state index contributed by atoms with van der Waals surface area (Å²) in [4.78, 5) is 34.8. The van der Waals surface area contributed by atoms with Crippen molar-refractivity contribution in [3.8, 4) is 11.3 Å². The van der Waals surface area contributed by atoms with Crippen molar-refractivity contribution in [1.29, 1.82) is 0 Å². The van der Waals surface area contributed by atoms with E-state index in [1.807, 2.05) is 49.4 Å². The maximum absolute atomic E-state index is 13.7. The molecule has 0 aliphatic heterocycles. The Hall–Kier alpha value is -3.19. The molecular formula is C30H26Cl3N3O3. The normalized spacial score (nSPS) is 16.1. The van der Waals surface area contributed by atoms with Gasteiger partial charge in [-0.2, -0.15) is 0 Å². The van der Waals surface area contributed by atoms with E-state index in [1.54, 1.807) is 12.1 Å². The van der Waals surface area contributed by atoms with Crippen LogP contribution in [-0.2, 0) is 15.0 Å². The van der Waals surface area contributed by atoms with Crippen LogP contribution in [0.4, 0.5) is 0 Å². The molecule has 1 aliphatic rings. The molecule has 1 amide bonds. The Morgan fingerprint density at radius 2 is 1.62 bits per heavy atom. The molecule has 1 saturated carbocycles. The van der Waals surface area contributed by atoms with Gasteiger partial charge in [-0.1, -0.05) is 78.8 Å². The lowest BCUT2D eigenvalue weighted by atomic mass is 9.77. The second kappa shape index (κ2) is 11.1. The number of nitrogens with one attached hydrogen (secondary N) is 1. The van der Waals surface area contributed by atoms with E-state index < -0.39 is 23.3 Å². The number of hydrogen-bond donors (Lipinski definition) is 2. The lowest BCUT2D eigenvalue weighted by Crippen LogP contribution is -2.51. The molecule has 0 radical (unpaired) electrons. The van der Waals surface area contributed by atoms with Gasteiger partial charge in [0.15, 0.2) is 0 Å². The van der Waals surface area contributed by atoms with Gasteiger partial charge in [0, 0.05) is 34.3 Å². The number of halogens is 3. The van der Waals surface area contributed by atoms with E-state index in [9.17, 15) is 14.7 Å². The molecule has 0 spiro atoms. The first-order chi connectivity index (χ1) is 18.7. The van der Waals surface area contributed by atoms with Crippen molar-refractivity contribution in [2.45, 2.75) is 50.0 Å². The lowest BCUT2D eigenvalue weighted by Gasteiger charge is -2.31. The number of hydrogen-bond acceptors (Lipinski definition) is 4. The molecule has 0 saturated heterocycles. The van der Waals surface area contributed by atoms with Crippen molar-refractivity contribution >= 4 is 57.6 Å². The summed E-state index contributed by atoms with van der Waals surface area (Å²) in [6.07, 6.45) is 6.16. The van der Waals surface area contributed by atoms with Crippen molar-refractivity contribution in [2.75, 3.05) is 0 Å². The minimum Gasteiger partial charge on any atom is -0.480 e. The summed E-state index contributed by atoms with van der Waals surface area (Å²) in [7, 11) is 0. The van der Waals surface area contributed by atoms with Crippen LogP contribution in [0.15, 0.2) is 67.0 Å². The fourth-order valence-corrected chi connectivity index (χ4v) is 6.17. The summed E-state index contributed by atoms with van der Waals surface area (Å²) in [5.74, 6) is -1.85. The number of nitrogens with zero attached hydrogens (tertiary/aromatic N) is 2. The van der Waals surface area contributed by atoms with Crippen LogP contribution in [0.2, 0.25) is 15.1 Å². The number of carbonyl (C=O) groups is 2. The van der Waals surface area contributed by atoms with Gasteiger partial charge in [-0.3, -0.25) is 9.78 Å². The Balaban J connectivity index is 1.42. The van der Waals surface area contributed by atoms with Crippen molar-refractivity contribution in [3.05, 3.63) is 93.2 Å². The molecule has 1 fully saturated rings. The number of carboxylic acids is 1. The Bertz CT molecular complexity index is 1530. The summed E-state index contributed by atoms with van der Waals surface area (Å²) in [6.45, 7) is 1.81. The molecule has 9 heteroatoms. The fraction of sp³-hybridized carbons (Fsp3) is 0.267. The van der Waals surface area contributed by atoms with Crippen LogP contribution in [0.1, 0.15) is 49.7 Å². The second-order valence-corrected chi connectivity index (χ2v) is 11.3. The van der Waals surface area contributed by atoms with Crippen molar-refractivity contribution in [1.82, 2.24) is 15.3 Å². The molecule has 1 aliphatic carbocycles. The number of amides is 1. The minimum atomic E-state index is -1.11. The van der Waals surface area contributed by atoms with Gasteiger partial charge in [0.2, 0.25) is 5.91 Å². The molecule has 6 nitrogen and oxygen atoms in total. The largest absolute Gasteiger partial charge is 0.480 e. The summed E-state index contributed by atoms with van der Waals surface area (Å²) in [5, 5.41) is 15.2. The van der Waals surface area contributed by atoms with Crippen LogP contribution in [0, 0.1) is 0 Å². The van der Waals surface area contributed by atoms with E-state index in [1.165, 1.54) is 12.4 Å². The minimum absolute atomic E-state index is 0.264. The third-order valence-electron chi connectivity index (χ3n) is 7.69. The number of aliphatic carboxylic acids is 1. The van der Waals surface area contributed by atoms with Gasteiger partial charge in [-0.15, -0.1) is 0 Å². The zero-order valence-corrected chi connectivity index (χ0v) is 23.4. The molecule has 39 heavy (non-hydrogen) atoms. The first-order valence-electron chi connectivity index (χ1n) is 12.7. The molecule has 0 bridgehead atoms. The number of fused-ring (bicyclic) bond motifs is 1. The molecule has 200 valence electrons. The molecule has 2 aromatic heterocycles. The van der Waals surface area contributed by atoms with E-state index in [-0.39, 0.29) is 5.91 Å². The zero-order chi connectivity index (χ0) is 27.7. The highest BCUT2D eigenvalue weighted by Crippen LogP contribution is 2.42. The lowest BCUT2D eigenvalue weighted by molar-refractivity contribution is -0.143. The molecule has 2 atom stereocenters. The summed E-state index contributed by atoms with van der Waals surface area (Å²) < 4.78 is 0. The van der Waals surface area contributed by atoms with Crippen LogP contribution >= 0.6 is 34.8 Å². The SMILES string of the molecule is CC(c1ccc2nc(-c3c(Cl)cncc3Cl)ccc2c1)[C@H](NC(=O)C1(c2ccc(Cl)cc2)CCCC1)C(=O)O. The van der Waals surface area contributed by atoms with Gasteiger partial charge in [0.05, 0.1) is 26.7 Å². The number of benzene rings is 2. The molecule has 1 unspecified atom stereocenters. The third kappa shape index (κ3) is 5.33. The molecule has 2 aromatic carbocycles. The number of aromatic nitrogens is 2. The second-order valence-electron chi connectivity index (χ2n) is 10.0. The quantitative estimate of drug-likeness (QED) is 0.236.